The molecule has 1 N–H and O–H groups in total. The van der Waals surface area contributed by atoms with E-state index in [0.717, 1.165) is 11.1 Å². The summed E-state index contributed by atoms with van der Waals surface area (Å²) in [5.74, 6) is 1.28. The molecule has 1 saturated heterocycles. The fourth-order valence-electron chi connectivity index (χ4n) is 3.58. The number of amides is 1. The minimum atomic E-state index is -1.43. The van der Waals surface area contributed by atoms with Gasteiger partial charge in [0.1, 0.15) is 0 Å². The summed E-state index contributed by atoms with van der Waals surface area (Å²) in [5.41, 5.74) is -0.503. The summed E-state index contributed by atoms with van der Waals surface area (Å²) in [5, 5.41) is 11.2. The Hall–Kier alpha value is -2.73. The molecule has 0 bridgehead atoms. The molecule has 2 aromatic rings. The molecule has 0 saturated carbocycles. The lowest BCUT2D eigenvalue weighted by atomic mass is 9.86. The van der Waals surface area contributed by atoms with E-state index in [9.17, 15) is 9.90 Å². The van der Waals surface area contributed by atoms with Crippen LogP contribution < -0.4 is 9.47 Å². The highest BCUT2D eigenvalue weighted by Crippen LogP contribution is 2.40. The van der Waals surface area contributed by atoms with E-state index in [4.69, 9.17) is 14.2 Å². The standard InChI is InChI=1S/C22H27NO5/c1-21(15-17-8-6-5-7-9-17)22(2,25)23(20(24)28-21)13-12-16-10-11-18(26-3)19(14-16)27-4/h5-11,14,25H,12-13,15H2,1-4H3. The lowest BCUT2D eigenvalue weighted by Gasteiger charge is -2.37. The number of nitrogens with zero attached hydrogens (tertiary/aromatic N) is 1. The summed E-state index contributed by atoms with van der Waals surface area (Å²) in [6.45, 7) is 3.73. The quantitative estimate of drug-likeness (QED) is 0.791. The Balaban J connectivity index is 1.75. The van der Waals surface area contributed by atoms with Crippen LogP contribution in [0.1, 0.15) is 25.0 Å². The minimum Gasteiger partial charge on any atom is -0.493 e. The molecule has 2 aromatic carbocycles. The predicted octanol–water partition coefficient (Wildman–Crippen LogP) is 3.41. The van der Waals surface area contributed by atoms with Gasteiger partial charge < -0.3 is 19.3 Å². The summed E-state index contributed by atoms with van der Waals surface area (Å²) in [6, 6.07) is 15.3. The SMILES string of the molecule is COc1ccc(CCN2C(=O)OC(C)(Cc3ccccc3)C2(C)O)cc1OC. The maximum atomic E-state index is 12.5. The van der Waals surface area contributed by atoms with Crippen molar-refractivity contribution in [1.29, 1.82) is 0 Å². The van der Waals surface area contributed by atoms with Crippen LogP contribution in [-0.4, -0.2) is 48.2 Å². The number of cyclic esters (lactones) is 1. The van der Waals surface area contributed by atoms with Gasteiger partial charge in [-0.25, -0.2) is 4.79 Å². The predicted molar refractivity (Wildman–Crippen MR) is 106 cm³/mol. The van der Waals surface area contributed by atoms with Crippen molar-refractivity contribution in [3.8, 4) is 11.5 Å². The molecule has 6 heteroatoms. The van der Waals surface area contributed by atoms with E-state index in [1.807, 2.05) is 48.5 Å². The van der Waals surface area contributed by atoms with E-state index >= 15 is 0 Å². The molecule has 1 heterocycles. The molecule has 1 amide bonds. The molecule has 150 valence electrons. The second-order valence-electron chi connectivity index (χ2n) is 7.37. The third-order valence-electron chi connectivity index (χ3n) is 5.52. The Morgan fingerprint density at radius 2 is 1.68 bits per heavy atom. The van der Waals surface area contributed by atoms with Crippen LogP contribution in [0.15, 0.2) is 48.5 Å². The van der Waals surface area contributed by atoms with Crippen LogP contribution in [0, 0.1) is 0 Å². The summed E-state index contributed by atoms with van der Waals surface area (Å²) >= 11 is 0. The van der Waals surface area contributed by atoms with Gasteiger partial charge in [-0.15, -0.1) is 0 Å². The van der Waals surface area contributed by atoms with Crippen molar-refractivity contribution in [2.24, 2.45) is 0 Å². The van der Waals surface area contributed by atoms with Crippen LogP contribution in [0.2, 0.25) is 0 Å². The molecule has 2 atom stereocenters. The van der Waals surface area contributed by atoms with Gasteiger partial charge in [0.2, 0.25) is 0 Å². The van der Waals surface area contributed by atoms with Crippen LogP contribution in [0.5, 0.6) is 11.5 Å². The number of aliphatic hydroxyl groups is 1. The Bertz CT molecular complexity index is 836. The van der Waals surface area contributed by atoms with Crippen LogP contribution in [0.25, 0.3) is 0 Å². The molecule has 0 aromatic heterocycles. The summed E-state index contributed by atoms with van der Waals surface area (Å²) in [6.07, 6.45) is 0.468. The highest BCUT2D eigenvalue weighted by atomic mass is 16.6. The maximum absolute atomic E-state index is 12.5. The molecule has 0 spiro atoms. The van der Waals surface area contributed by atoms with Gasteiger partial charge in [-0.2, -0.15) is 0 Å². The molecule has 0 aliphatic carbocycles. The highest BCUT2D eigenvalue weighted by molar-refractivity contribution is 5.72. The lowest BCUT2D eigenvalue weighted by molar-refractivity contribution is -0.135. The van der Waals surface area contributed by atoms with E-state index in [1.165, 1.54) is 4.90 Å². The molecule has 3 rings (SSSR count). The molecule has 2 unspecified atom stereocenters. The molecular formula is C22H27NO5. The van der Waals surface area contributed by atoms with Gasteiger partial charge in [0.25, 0.3) is 0 Å². The zero-order valence-corrected chi connectivity index (χ0v) is 16.8. The van der Waals surface area contributed by atoms with E-state index < -0.39 is 17.4 Å². The number of hydrogen-bond donors (Lipinski definition) is 1. The van der Waals surface area contributed by atoms with Crippen molar-refractivity contribution in [2.45, 2.75) is 38.0 Å². The first-order chi connectivity index (χ1) is 13.3. The summed E-state index contributed by atoms with van der Waals surface area (Å²) in [4.78, 5) is 13.9. The van der Waals surface area contributed by atoms with Gasteiger partial charge >= 0.3 is 6.09 Å². The molecule has 1 fully saturated rings. The molecule has 1 aliphatic heterocycles. The summed E-state index contributed by atoms with van der Waals surface area (Å²) < 4.78 is 16.2. The smallest absolute Gasteiger partial charge is 0.412 e. The topological polar surface area (TPSA) is 68.2 Å². The first-order valence-corrected chi connectivity index (χ1v) is 9.28. The third kappa shape index (κ3) is 3.64. The maximum Gasteiger partial charge on any atom is 0.412 e. The van der Waals surface area contributed by atoms with E-state index in [2.05, 4.69) is 0 Å². The van der Waals surface area contributed by atoms with E-state index in [1.54, 1.807) is 28.1 Å². The minimum absolute atomic E-state index is 0.325. The Kier molecular flexibility index (Phi) is 5.52. The van der Waals surface area contributed by atoms with Crippen LogP contribution >= 0.6 is 0 Å². The highest BCUT2D eigenvalue weighted by Gasteiger charge is 2.58. The molecule has 1 aliphatic rings. The zero-order valence-electron chi connectivity index (χ0n) is 16.8. The second kappa shape index (κ2) is 7.72. The van der Waals surface area contributed by atoms with Gasteiger partial charge in [-0.05, 0) is 43.5 Å². The zero-order chi connectivity index (χ0) is 20.4. The lowest BCUT2D eigenvalue weighted by Crippen LogP contribution is -2.56. The average Bonchev–Trinajstić information content (AvgIpc) is 2.84. The Labute approximate surface area is 165 Å². The fourth-order valence-corrected chi connectivity index (χ4v) is 3.58. The second-order valence-corrected chi connectivity index (χ2v) is 7.37. The number of carbonyl (C=O) groups excluding carboxylic acids is 1. The number of carbonyl (C=O) groups is 1. The number of hydrogen-bond acceptors (Lipinski definition) is 5. The number of benzene rings is 2. The van der Waals surface area contributed by atoms with Gasteiger partial charge in [0, 0.05) is 13.0 Å². The monoisotopic (exact) mass is 385 g/mol. The third-order valence-corrected chi connectivity index (χ3v) is 5.52. The Morgan fingerprint density at radius 1 is 1.00 bits per heavy atom. The number of methoxy groups -OCH3 is 2. The van der Waals surface area contributed by atoms with Crippen molar-refractivity contribution in [1.82, 2.24) is 4.90 Å². The van der Waals surface area contributed by atoms with Crippen LogP contribution in [0.4, 0.5) is 4.79 Å². The number of rotatable bonds is 7. The first kappa shape index (κ1) is 20.0. The van der Waals surface area contributed by atoms with Gasteiger partial charge in [-0.1, -0.05) is 36.4 Å². The molecular weight excluding hydrogens is 358 g/mol. The molecule has 0 radical (unpaired) electrons. The van der Waals surface area contributed by atoms with Crippen molar-refractivity contribution in [3.05, 3.63) is 59.7 Å². The van der Waals surface area contributed by atoms with E-state index in [-0.39, 0.29) is 0 Å². The molecule has 6 nitrogen and oxygen atoms in total. The van der Waals surface area contributed by atoms with Crippen molar-refractivity contribution >= 4 is 6.09 Å². The first-order valence-electron chi connectivity index (χ1n) is 9.28. The fraction of sp³-hybridized carbons (Fsp3) is 0.409. The van der Waals surface area contributed by atoms with Crippen molar-refractivity contribution in [2.75, 3.05) is 20.8 Å². The largest absolute Gasteiger partial charge is 0.493 e. The van der Waals surface area contributed by atoms with Gasteiger partial charge in [0.05, 0.1) is 14.2 Å². The van der Waals surface area contributed by atoms with Crippen LogP contribution in [-0.2, 0) is 17.6 Å². The Morgan fingerprint density at radius 3 is 2.32 bits per heavy atom. The van der Waals surface area contributed by atoms with E-state index in [0.29, 0.717) is 30.9 Å². The number of ether oxygens (including phenoxy) is 3. The molecule has 28 heavy (non-hydrogen) atoms. The van der Waals surface area contributed by atoms with Crippen LogP contribution in [0.3, 0.4) is 0 Å². The van der Waals surface area contributed by atoms with Crippen molar-refractivity contribution < 1.29 is 24.1 Å². The van der Waals surface area contributed by atoms with Crippen molar-refractivity contribution in [3.63, 3.8) is 0 Å². The van der Waals surface area contributed by atoms with Gasteiger partial charge in [0.15, 0.2) is 22.8 Å². The summed E-state index contributed by atoms with van der Waals surface area (Å²) in [7, 11) is 3.17. The average molecular weight is 385 g/mol. The van der Waals surface area contributed by atoms with Gasteiger partial charge in [-0.3, -0.25) is 4.90 Å². The normalized spacial score (nSPS) is 24.2.